The fourth-order valence-corrected chi connectivity index (χ4v) is 1.48. The van der Waals surface area contributed by atoms with Crippen LogP contribution in [0.4, 0.5) is 0 Å². The van der Waals surface area contributed by atoms with E-state index < -0.39 is 0 Å². The highest BCUT2D eigenvalue weighted by Crippen LogP contribution is 2.30. The summed E-state index contributed by atoms with van der Waals surface area (Å²) in [5, 5.41) is 9.19. The van der Waals surface area contributed by atoms with E-state index in [0.29, 0.717) is 0 Å². The number of nitrogens with two attached hydrogens (primary N) is 1. The molecule has 2 nitrogen and oxygen atoms in total. The Bertz CT molecular complexity index is 300. The second kappa shape index (κ2) is 5.85. The Kier molecular flexibility index (Phi) is 5.81. The summed E-state index contributed by atoms with van der Waals surface area (Å²) >= 11 is 3.37. The van der Waals surface area contributed by atoms with Crippen molar-refractivity contribution in [3.63, 3.8) is 0 Å². The van der Waals surface area contributed by atoms with Gasteiger partial charge in [-0.3, -0.25) is 0 Å². The van der Waals surface area contributed by atoms with Gasteiger partial charge in [0.05, 0.1) is 0 Å². The molecule has 0 saturated carbocycles. The summed E-state index contributed by atoms with van der Waals surface area (Å²) in [5.41, 5.74) is 6.82. The van der Waals surface area contributed by atoms with Gasteiger partial charge in [-0.25, -0.2) is 0 Å². The van der Waals surface area contributed by atoms with Crippen LogP contribution in [0.15, 0.2) is 28.7 Å². The van der Waals surface area contributed by atoms with Crippen LogP contribution in [0.2, 0.25) is 0 Å². The number of halogens is 2. The van der Waals surface area contributed by atoms with Crippen LogP contribution in [0.25, 0.3) is 0 Å². The molecule has 1 aromatic rings. The summed E-state index contributed by atoms with van der Waals surface area (Å²) in [6, 6.07) is 7.74. The Hall–Kier alpha value is -0.0900. The van der Waals surface area contributed by atoms with E-state index in [0.717, 1.165) is 10.0 Å². The minimum Gasteiger partial charge on any atom is -0.396 e. The monoisotopic (exact) mass is 293 g/mol. The fraction of sp³-hybridized carbons (Fsp3) is 0.455. The lowest BCUT2D eigenvalue weighted by molar-refractivity contribution is 0.132. The lowest BCUT2D eigenvalue weighted by Crippen LogP contribution is -2.32. The lowest BCUT2D eigenvalue weighted by atomic mass is 9.82. The number of hydrogen-bond acceptors (Lipinski definition) is 2. The molecule has 0 aliphatic rings. The minimum atomic E-state index is -0.284. The van der Waals surface area contributed by atoms with Crippen LogP contribution in [0.1, 0.15) is 25.5 Å². The molecule has 1 rings (SSSR count). The molecule has 3 N–H and O–H groups in total. The molecule has 0 fully saturated rings. The molecular formula is C11H17BrClNO. The van der Waals surface area contributed by atoms with Crippen LogP contribution in [0.5, 0.6) is 0 Å². The van der Waals surface area contributed by atoms with E-state index in [1.165, 1.54) is 0 Å². The van der Waals surface area contributed by atoms with Crippen LogP contribution in [0.3, 0.4) is 0 Å². The fourth-order valence-electron chi connectivity index (χ4n) is 1.22. The molecule has 0 heterocycles. The highest BCUT2D eigenvalue weighted by molar-refractivity contribution is 9.10. The van der Waals surface area contributed by atoms with E-state index in [-0.39, 0.29) is 30.5 Å². The summed E-state index contributed by atoms with van der Waals surface area (Å²) < 4.78 is 1.04. The van der Waals surface area contributed by atoms with Crippen LogP contribution >= 0.6 is 28.3 Å². The Labute approximate surface area is 105 Å². The van der Waals surface area contributed by atoms with Gasteiger partial charge >= 0.3 is 0 Å². The first kappa shape index (κ1) is 14.9. The molecule has 1 atom stereocenters. The van der Waals surface area contributed by atoms with E-state index in [2.05, 4.69) is 15.9 Å². The molecule has 15 heavy (non-hydrogen) atoms. The zero-order valence-corrected chi connectivity index (χ0v) is 11.3. The first-order chi connectivity index (χ1) is 6.47. The van der Waals surface area contributed by atoms with Crippen molar-refractivity contribution in [3.8, 4) is 0 Å². The summed E-state index contributed by atoms with van der Waals surface area (Å²) in [6.45, 7) is 4.00. The zero-order chi connectivity index (χ0) is 10.8. The first-order valence-electron chi connectivity index (χ1n) is 4.59. The summed E-state index contributed by atoms with van der Waals surface area (Å²) in [6.07, 6.45) is 0. The van der Waals surface area contributed by atoms with Crippen LogP contribution in [0, 0.1) is 5.41 Å². The lowest BCUT2D eigenvalue weighted by Gasteiger charge is -2.29. The SMILES string of the molecule is CC(C)(CO)[C@@H](N)c1ccc(Br)cc1.Cl. The highest BCUT2D eigenvalue weighted by atomic mass is 79.9. The second-order valence-electron chi connectivity index (χ2n) is 4.18. The summed E-state index contributed by atoms with van der Waals surface area (Å²) in [7, 11) is 0. The molecule has 0 unspecified atom stereocenters. The average molecular weight is 295 g/mol. The van der Waals surface area contributed by atoms with Gasteiger partial charge in [0.15, 0.2) is 0 Å². The average Bonchev–Trinajstić information content (AvgIpc) is 2.18. The van der Waals surface area contributed by atoms with Crippen molar-refractivity contribution in [1.82, 2.24) is 0 Å². The number of aliphatic hydroxyl groups excluding tert-OH is 1. The number of hydrogen-bond donors (Lipinski definition) is 2. The zero-order valence-electron chi connectivity index (χ0n) is 8.90. The maximum Gasteiger partial charge on any atom is 0.0500 e. The molecule has 0 radical (unpaired) electrons. The van der Waals surface area contributed by atoms with E-state index >= 15 is 0 Å². The molecule has 0 bridgehead atoms. The molecule has 86 valence electrons. The van der Waals surface area contributed by atoms with Crippen molar-refractivity contribution in [3.05, 3.63) is 34.3 Å². The van der Waals surface area contributed by atoms with E-state index in [4.69, 9.17) is 5.73 Å². The van der Waals surface area contributed by atoms with Gasteiger partial charge in [-0.1, -0.05) is 41.9 Å². The van der Waals surface area contributed by atoms with Gasteiger partial charge in [0.25, 0.3) is 0 Å². The van der Waals surface area contributed by atoms with Gasteiger partial charge in [-0.05, 0) is 17.7 Å². The Morgan fingerprint density at radius 1 is 1.33 bits per heavy atom. The molecule has 0 amide bonds. The maximum atomic E-state index is 9.19. The van der Waals surface area contributed by atoms with Gasteiger partial charge in [-0.2, -0.15) is 0 Å². The Morgan fingerprint density at radius 3 is 2.20 bits per heavy atom. The predicted octanol–water partition coefficient (Wildman–Crippen LogP) is 2.89. The number of benzene rings is 1. The van der Waals surface area contributed by atoms with E-state index in [1.54, 1.807) is 0 Å². The molecule has 0 aliphatic carbocycles. The number of aliphatic hydroxyl groups is 1. The van der Waals surface area contributed by atoms with Crippen molar-refractivity contribution < 1.29 is 5.11 Å². The highest BCUT2D eigenvalue weighted by Gasteiger charge is 2.26. The van der Waals surface area contributed by atoms with Crippen molar-refractivity contribution in [2.45, 2.75) is 19.9 Å². The van der Waals surface area contributed by atoms with Crippen LogP contribution < -0.4 is 5.73 Å². The molecule has 0 spiro atoms. The molecule has 0 aliphatic heterocycles. The predicted molar refractivity (Wildman–Crippen MR) is 69.2 cm³/mol. The Balaban J connectivity index is 0.00000196. The van der Waals surface area contributed by atoms with Crippen molar-refractivity contribution in [1.29, 1.82) is 0 Å². The first-order valence-corrected chi connectivity index (χ1v) is 5.38. The van der Waals surface area contributed by atoms with Crippen molar-refractivity contribution >= 4 is 28.3 Å². The van der Waals surface area contributed by atoms with E-state index in [1.807, 2.05) is 38.1 Å². The summed E-state index contributed by atoms with van der Waals surface area (Å²) in [4.78, 5) is 0. The van der Waals surface area contributed by atoms with Crippen molar-refractivity contribution in [2.24, 2.45) is 11.1 Å². The third-order valence-corrected chi connectivity index (χ3v) is 3.01. The van der Waals surface area contributed by atoms with Crippen molar-refractivity contribution in [2.75, 3.05) is 6.61 Å². The summed E-state index contributed by atoms with van der Waals surface area (Å²) in [5.74, 6) is 0. The van der Waals surface area contributed by atoms with Gasteiger partial charge in [0, 0.05) is 22.5 Å². The van der Waals surface area contributed by atoms with E-state index in [9.17, 15) is 5.11 Å². The third-order valence-electron chi connectivity index (χ3n) is 2.48. The largest absolute Gasteiger partial charge is 0.396 e. The molecule has 1 aromatic carbocycles. The van der Waals surface area contributed by atoms with Crippen LogP contribution in [-0.4, -0.2) is 11.7 Å². The van der Waals surface area contributed by atoms with Gasteiger partial charge in [-0.15, -0.1) is 12.4 Å². The maximum absolute atomic E-state index is 9.19. The molecular weight excluding hydrogens is 277 g/mol. The Morgan fingerprint density at radius 2 is 1.80 bits per heavy atom. The molecule has 0 aromatic heterocycles. The second-order valence-corrected chi connectivity index (χ2v) is 5.09. The number of rotatable bonds is 3. The third kappa shape index (κ3) is 3.76. The molecule has 4 heteroatoms. The molecule has 0 saturated heterocycles. The van der Waals surface area contributed by atoms with Crippen LogP contribution in [-0.2, 0) is 0 Å². The smallest absolute Gasteiger partial charge is 0.0500 e. The minimum absolute atomic E-state index is 0. The van der Waals surface area contributed by atoms with Gasteiger partial charge in [0.2, 0.25) is 0 Å². The quantitative estimate of drug-likeness (QED) is 0.900. The van der Waals surface area contributed by atoms with Gasteiger partial charge < -0.3 is 10.8 Å². The standard InChI is InChI=1S/C11H16BrNO.ClH/c1-11(2,7-14)10(13)8-3-5-9(12)6-4-8;/h3-6,10,14H,7,13H2,1-2H3;1H/t10-;/m0./s1. The topological polar surface area (TPSA) is 46.2 Å². The van der Waals surface area contributed by atoms with Gasteiger partial charge in [0.1, 0.15) is 0 Å². The normalized spacial score (nSPS) is 13.1.